The number of unbranched alkanes of at least 4 members (excludes halogenated alkanes) is 3. The number of hydrogen-bond acceptors (Lipinski definition) is 1. The van der Waals surface area contributed by atoms with Crippen LogP contribution < -0.4 is 0 Å². The maximum absolute atomic E-state index is 4.70. The first kappa shape index (κ1) is 14.0. The molecule has 2 rings (SSSR count). The predicted molar refractivity (Wildman–Crippen MR) is 83.9 cm³/mol. The van der Waals surface area contributed by atoms with Crippen LogP contribution in [0.2, 0.25) is 0 Å². The molecule has 0 amide bonds. The Kier molecular flexibility index (Phi) is 4.57. The van der Waals surface area contributed by atoms with E-state index in [2.05, 4.69) is 50.8 Å². The summed E-state index contributed by atoms with van der Waals surface area (Å²) < 4.78 is 0. The minimum Gasteiger partial charge on any atom is -0.273 e. The van der Waals surface area contributed by atoms with E-state index in [1.165, 1.54) is 42.5 Å². The van der Waals surface area contributed by atoms with Gasteiger partial charge >= 0.3 is 0 Å². The molecule has 0 radical (unpaired) electrons. The van der Waals surface area contributed by atoms with Crippen molar-refractivity contribution in [3.8, 4) is 0 Å². The molecule has 1 aliphatic rings. The molecule has 0 saturated carbocycles. The molecule has 1 heterocycles. The predicted octanol–water partition coefficient (Wildman–Crippen LogP) is 5.16. The molecule has 19 heavy (non-hydrogen) atoms. The van der Waals surface area contributed by atoms with Crippen molar-refractivity contribution >= 4 is 5.71 Å². The lowest BCUT2D eigenvalue weighted by molar-refractivity contribution is 0.631. The van der Waals surface area contributed by atoms with Crippen LogP contribution >= 0.6 is 0 Å². The summed E-state index contributed by atoms with van der Waals surface area (Å²) in [6.07, 6.45) is 7.43. The molecule has 1 unspecified atom stereocenters. The van der Waals surface area contributed by atoms with Crippen LogP contribution in [0.25, 0.3) is 0 Å². The van der Waals surface area contributed by atoms with Crippen LogP contribution in [0.15, 0.2) is 47.5 Å². The summed E-state index contributed by atoms with van der Waals surface area (Å²) in [5, 5.41) is 0. The molecule has 1 aromatic rings. The molecule has 0 N–H and O–H groups in total. The first-order valence-electron chi connectivity index (χ1n) is 7.48. The molecule has 0 spiro atoms. The Morgan fingerprint density at radius 3 is 2.58 bits per heavy atom. The second-order valence-corrected chi connectivity index (χ2v) is 5.84. The molecule has 0 saturated heterocycles. The number of rotatable bonds is 8. The lowest BCUT2D eigenvalue weighted by atomic mass is 9.91. The van der Waals surface area contributed by atoms with Crippen LogP contribution in [0.5, 0.6) is 0 Å². The van der Waals surface area contributed by atoms with Crippen molar-refractivity contribution in [3.05, 3.63) is 48.0 Å². The van der Waals surface area contributed by atoms with Gasteiger partial charge in [-0.1, -0.05) is 68.7 Å². The van der Waals surface area contributed by atoms with E-state index >= 15 is 0 Å². The third-order valence-electron chi connectivity index (χ3n) is 3.84. The van der Waals surface area contributed by atoms with Crippen LogP contribution in [0, 0.1) is 0 Å². The van der Waals surface area contributed by atoms with Crippen molar-refractivity contribution in [2.45, 2.75) is 57.9 Å². The van der Waals surface area contributed by atoms with E-state index in [1.807, 2.05) is 0 Å². The summed E-state index contributed by atoms with van der Waals surface area (Å²) in [5.41, 5.74) is 3.91. The van der Waals surface area contributed by atoms with Crippen molar-refractivity contribution in [1.82, 2.24) is 0 Å². The lowest BCUT2D eigenvalue weighted by Gasteiger charge is -2.12. The smallest absolute Gasteiger partial charge is 0.104 e. The van der Waals surface area contributed by atoms with E-state index < -0.39 is 0 Å². The largest absolute Gasteiger partial charge is 0.273 e. The van der Waals surface area contributed by atoms with Gasteiger partial charge < -0.3 is 0 Å². The average Bonchev–Trinajstić information content (AvgIpc) is 3.07. The second kappa shape index (κ2) is 6.18. The summed E-state index contributed by atoms with van der Waals surface area (Å²) in [5.74, 6) is 0. The summed E-state index contributed by atoms with van der Waals surface area (Å²) in [7, 11) is 0. The third-order valence-corrected chi connectivity index (χ3v) is 3.84. The molecule has 0 aliphatic carbocycles. The Bertz CT molecular complexity index is 458. The number of hydrogen-bond donors (Lipinski definition) is 0. The molecule has 0 bridgehead atoms. The fraction of sp³-hybridized carbons (Fsp3) is 0.500. The topological polar surface area (TPSA) is 12.4 Å². The van der Waals surface area contributed by atoms with Gasteiger partial charge in [-0.3, -0.25) is 4.99 Å². The lowest BCUT2D eigenvalue weighted by Crippen LogP contribution is -2.15. The summed E-state index contributed by atoms with van der Waals surface area (Å²) in [6.45, 7) is 8.71. The van der Waals surface area contributed by atoms with E-state index in [9.17, 15) is 0 Å². The number of benzene rings is 1. The Morgan fingerprint density at radius 1 is 1.16 bits per heavy atom. The zero-order valence-corrected chi connectivity index (χ0v) is 12.3. The SMILES string of the molecule is C=C(CCCCCC)CC1(C)N=C1c1ccccc1. The van der Waals surface area contributed by atoms with Crippen LogP contribution in [-0.2, 0) is 0 Å². The van der Waals surface area contributed by atoms with Crippen molar-refractivity contribution < 1.29 is 0 Å². The molecule has 102 valence electrons. The molecule has 1 atom stereocenters. The van der Waals surface area contributed by atoms with Gasteiger partial charge in [-0.15, -0.1) is 0 Å². The average molecular weight is 255 g/mol. The maximum atomic E-state index is 4.70. The van der Waals surface area contributed by atoms with E-state index in [0.29, 0.717) is 0 Å². The normalized spacial score (nSPS) is 21.1. The van der Waals surface area contributed by atoms with E-state index in [1.54, 1.807) is 0 Å². The van der Waals surface area contributed by atoms with Crippen molar-refractivity contribution in [2.24, 2.45) is 4.99 Å². The molecule has 0 fully saturated rings. The van der Waals surface area contributed by atoms with Gasteiger partial charge in [-0.25, -0.2) is 0 Å². The Morgan fingerprint density at radius 2 is 1.89 bits per heavy atom. The molecule has 1 heteroatoms. The summed E-state index contributed by atoms with van der Waals surface area (Å²) in [6, 6.07) is 10.5. The zero-order chi connectivity index (χ0) is 13.7. The van der Waals surface area contributed by atoms with Crippen molar-refractivity contribution in [1.29, 1.82) is 0 Å². The van der Waals surface area contributed by atoms with Gasteiger partial charge in [0.05, 0.1) is 5.71 Å². The van der Waals surface area contributed by atoms with Gasteiger partial charge in [0.25, 0.3) is 0 Å². The third kappa shape index (κ3) is 3.79. The van der Waals surface area contributed by atoms with Gasteiger partial charge in [0.15, 0.2) is 0 Å². The minimum absolute atomic E-state index is 0.0309. The van der Waals surface area contributed by atoms with Gasteiger partial charge in [-0.2, -0.15) is 0 Å². The van der Waals surface area contributed by atoms with Crippen LogP contribution in [0.1, 0.15) is 57.9 Å². The van der Waals surface area contributed by atoms with E-state index in [-0.39, 0.29) is 5.54 Å². The Labute approximate surface area is 117 Å². The highest BCUT2D eigenvalue weighted by Crippen LogP contribution is 2.38. The quantitative estimate of drug-likeness (QED) is 0.449. The minimum atomic E-state index is 0.0309. The molecule has 1 nitrogen and oxygen atoms in total. The standard InChI is InChI=1S/C18H25N/c1-4-5-6-8-11-15(2)14-18(3)17(19-18)16-12-9-7-10-13-16/h7,9-10,12-13H,2,4-6,8,11,14H2,1,3H3. The van der Waals surface area contributed by atoms with Gasteiger partial charge in [-0.05, 0) is 31.7 Å². The highest BCUT2D eigenvalue weighted by atomic mass is 15.0. The molecule has 1 aliphatic heterocycles. The van der Waals surface area contributed by atoms with Gasteiger partial charge in [0.2, 0.25) is 0 Å². The number of nitrogens with zero attached hydrogens (tertiary/aromatic N) is 1. The highest BCUT2D eigenvalue weighted by molar-refractivity contribution is 6.16. The molecular formula is C18H25N. The Balaban J connectivity index is 1.77. The van der Waals surface area contributed by atoms with E-state index in [0.717, 1.165) is 12.8 Å². The Hall–Kier alpha value is -1.37. The van der Waals surface area contributed by atoms with Crippen LogP contribution in [-0.4, -0.2) is 11.3 Å². The van der Waals surface area contributed by atoms with Crippen molar-refractivity contribution in [2.75, 3.05) is 0 Å². The van der Waals surface area contributed by atoms with Gasteiger partial charge in [0.1, 0.15) is 5.54 Å². The number of aliphatic imine (C=N–C) groups is 1. The fourth-order valence-corrected chi connectivity index (χ4v) is 2.69. The fourth-order valence-electron chi connectivity index (χ4n) is 2.69. The first-order valence-corrected chi connectivity index (χ1v) is 7.48. The summed E-state index contributed by atoms with van der Waals surface area (Å²) in [4.78, 5) is 4.70. The molecule has 0 aromatic heterocycles. The summed E-state index contributed by atoms with van der Waals surface area (Å²) >= 11 is 0. The zero-order valence-electron chi connectivity index (χ0n) is 12.3. The van der Waals surface area contributed by atoms with E-state index in [4.69, 9.17) is 4.99 Å². The van der Waals surface area contributed by atoms with Gasteiger partial charge in [0, 0.05) is 0 Å². The van der Waals surface area contributed by atoms with Crippen LogP contribution in [0.4, 0.5) is 0 Å². The highest BCUT2D eigenvalue weighted by Gasteiger charge is 2.42. The first-order chi connectivity index (χ1) is 9.15. The van der Waals surface area contributed by atoms with Crippen molar-refractivity contribution in [3.63, 3.8) is 0 Å². The molecular weight excluding hydrogens is 230 g/mol. The maximum Gasteiger partial charge on any atom is 0.104 e. The van der Waals surface area contributed by atoms with Crippen LogP contribution in [0.3, 0.4) is 0 Å². The second-order valence-electron chi connectivity index (χ2n) is 5.84. The monoisotopic (exact) mass is 255 g/mol. The molecule has 1 aromatic carbocycles.